The molecule has 1 heterocycles. The molecular weight excluding hydrogens is 428 g/mol. The summed E-state index contributed by atoms with van der Waals surface area (Å²) in [4.78, 5) is 26.5. The van der Waals surface area contributed by atoms with E-state index in [1.54, 1.807) is 36.1 Å². The van der Waals surface area contributed by atoms with Gasteiger partial charge in [-0.2, -0.15) is 0 Å². The third-order valence-corrected chi connectivity index (χ3v) is 6.79. The summed E-state index contributed by atoms with van der Waals surface area (Å²) < 4.78 is 31.2. The van der Waals surface area contributed by atoms with Gasteiger partial charge in [0.2, 0.25) is 10.0 Å². The van der Waals surface area contributed by atoms with Gasteiger partial charge in [0.1, 0.15) is 0 Å². The summed E-state index contributed by atoms with van der Waals surface area (Å²) in [5.74, 6) is -0.479. The van der Waals surface area contributed by atoms with Crippen molar-refractivity contribution in [2.45, 2.75) is 33.2 Å². The van der Waals surface area contributed by atoms with Gasteiger partial charge < -0.3 is 9.64 Å². The summed E-state index contributed by atoms with van der Waals surface area (Å²) in [5, 5.41) is 0. The van der Waals surface area contributed by atoms with Crippen molar-refractivity contribution in [3.8, 4) is 0 Å². The van der Waals surface area contributed by atoms with Crippen LogP contribution in [0.25, 0.3) is 0 Å². The van der Waals surface area contributed by atoms with E-state index in [0.717, 1.165) is 11.1 Å². The molecule has 0 N–H and O–H groups in total. The maximum atomic E-state index is 12.9. The van der Waals surface area contributed by atoms with Crippen LogP contribution in [0.2, 0.25) is 0 Å². The summed E-state index contributed by atoms with van der Waals surface area (Å²) in [7, 11) is -3.50. The van der Waals surface area contributed by atoms with E-state index in [1.807, 2.05) is 31.2 Å². The summed E-state index contributed by atoms with van der Waals surface area (Å²) in [6.07, 6.45) is 2.34. The highest BCUT2D eigenvalue weighted by atomic mass is 32.2. The normalized spacial score (nSPS) is 14.8. The predicted octanol–water partition coefficient (Wildman–Crippen LogP) is 3.38. The van der Waals surface area contributed by atoms with Crippen LogP contribution < -0.4 is 4.31 Å². The zero-order valence-corrected chi connectivity index (χ0v) is 19.6. The number of nitrogens with zero attached hydrogens (tertiary/aromatic N) is 2. The SMILES string of the molecule is CCOC(=O)C1CCN(C(=O)c2ccc(N(Cc3ccc(C)cc3)S(C)(=O)=O)cc2)CC1. The van der Waals surface area contributed by atoms with Crippen LogP contribution >= 0.6 is 0 Å². The van der Waals surface area contributed by atoms with Crippen molar-refractivity contribution >= 4 is 27.6 Å². The van der Waals surface area contributed by atoms with Crippen LogP contribution in [0.1, 0.15) is 41.3 Å². The highest BCUT2D eigenvalue weighted by Crippen LogP contribution is 2.24. The molecule has 3 rings (SSSR count). The molecule has 1 fully saturated rings. The largest absolute Gasteiger partial charge is 0.466 e. The number of piperidine rings is 1. The highest BCUT2D eigenvalue weighted by molar-refractivity contribution is 7.92. The van der Waals surface area contributed by atoms with Crippen LogP contribution in [-0.2, 0) is 26.1 Å². The molecular formula is C24H30N2O5S. The maximum Gasteiger partial charge on any atom is 0.309 e. The van der Waals surface area contributed by atoms with Crippen molar-refractivity contribution in [2.75, 3.05) is 30.3 Å². The number of likely N-dealkylation sites (tertiary alicyclic amines) is 1. The summed E-state index contributed by atoms with van der Waals surface area (Å²) in [6.45, 7) is 5.32. The van der Waals surface area contributed by atoms with Gasteiger partial charge in [-0.1, -0.05) is 29.8 Å². The van der Waals surface area contributed by atoms with Gasteiger partial charge in [-0.3, -0.25) is 13.9 Å². The van der Waals surface area contributed by atoms with E-state index in [0.29, 0.717) is 43.8 Å². The number of amides is 1. The molecule has 1 amide bonds. The molecule has 172 valence electrons. The summed E-state index contributed by atoms with van der Waals surface area (Å²) in [5.41, 5.74) is 2.98. The molecule has 1 saturated heterocycles. The number of hydrogen-bond donors (Lipinski definition) is 0. The minimum atomic E-state index is -3.50. The molecule has 0 atom stereocenters. The number of anilines is 1. The van der Waals surface area contributed by atoms with Crippen LogP contribution in [-0.4, -0.2) is 51.1 Å². The van der Waals surface area contributed by atoms with Crippen molar-refractivity contribution in [3.63, 3.8) is 0 Å². The molecule has 8 heteroatoms. The average Bonchev–Trinajstić information content (AvgIpc) is 2.78. The van der Waals surface area contributed by atoms with E-state index in [1.165, 1.54) is 10.6 Å². The molecule has 32 heavy (non-hydrogen) atoms. The summed E-state index contributed by atoms with van der Waals surface area (Å²) in [6, 6.07) is 14.3. The molecule has 0 aliphatic carbocycles. The number of sulfonamides is 1. The molecule has 0 aromatic heterocycles. The maximum absolute atomic E-state index is 12.9. The highest BCUT2D eigenvalue weighted by Gasteiger charge is 2.28. The van der Waals surface area contributed by atoms with Crippen LogP contribution in [0.15, 0.2) is 48.5 Å². The van der Waals surface area contributed by atoms with Gasteiger partial charge in [-0.15, -0.1) is 0 Å². The molecule has 0 saturated carbocycles. The second-order valence-corrected chi connectivity index (χ2v) is 10.0. The van der Waals surface area contributed by atoms with Gasteiger partial charge in [-0.25, -0.2) is 8.42 Å². The van der Waals surface area contributed by atoms with Crippen LogP contribution in [0, 0.1) is 12.8 Å². The molecule has 1 aliphatic rings. The fourth-order valence-electron chi connectivity index (χ4n) is 3.79. The predicted molar refractivity (Wildman–Crippen MR) is 124 cm³/mol. The second-order valence-electron chi connectivity index (χ2n) is 8.12. The Morgan fingerprint density at radius 3 is 2.16 bits per heavy atom. The molecule has 2 aromatic rings. The van der Waals surface area contributed by atoms with Crippen LogP contribution in [0.4, 0.5) is 5.69 Å². The first-order chi connectivity index (χ1) is 15.2. The Hall–Kier alpha value is -2.87. The first-order valence-corrected chi connectivity index (χ1v) is 12.6. The van der Waals surface area contributed by atoms with Crippen molar-refractivity contribution in [3.05, 3.63) is 65.2 Å². The van der Waals surface area contributed by atoms with E-state index in [-0.39, 0.29) is 24.3 Å². The van der Waals surface area contributed by atoms with Crippen molar-refractivity contribution in [1.82, 2.24) is 4.90 Å². The van der Waals surface area contributed by atoms with E-state index >= 15 is 0 Å². The minimum Gasteiger partial charge on any atom is -0.466 e. The number of esters is 1. The van der Waals surface area contributed by atoms with Crippen LogP contribution in [0.3, 0.4) is 0 Å². The van der Waals surface area contributed by atoms with Crippen molar-refractivity contribution in [2.24, 2.45) is 5.92 Å². The number of carbonyl (C=O) groups excluding carboxylic acids is 2. The number of aryl methyl sites for hydroxylation is 1. The first kappa shape index (κ1) is 23.8. The van der Waals surface area contributed by atoms with Gasteiger partial charge in [0.25, 0.3) is 5.91 Å². The fourth-order valence-corrected chi connectivity index (χ4v) is 4.68. The molecule has 0 unspecified atom stereocenters. The molecule has 7 nitrogen and oxygen atoms in total. The Labute approximate surface area is 190 Å². The zero-order valence-electron chi connectivity index (χ0n) is 18.8. The van der Waals surface area contributed by atoms with Gasteiger partial charge in [-0.05, 0) is 56.5 Å². The zero-order chi connectivity index (χ0) is 23.3. The van der Waals surface area contributed by atoms with E-state index in [4.69, 9.17) is 4.74 Å². The molecule has 0 radical (unpaired) electrons. The molecule has 1 aliphatic heterocycles. The smallest absolute Gasteiger partial charge is 0.309 e. The van der Waals surface area contributed by atoms with Gasteiger partial charge in [0.15, 0.2) is 0 Å². The topological polar surface area (TPSA) is 84.0 Å². The standard InChI is InChI=1S/C24H30N2O5S/c1-4-31-24(28)21-13-15-25(16-14-21)23(27)20-9-11-22(12-10-20)26(32(3,29)30)17-19-7-5-18(2)6-8-19/h5-12,21H,4,13-17H2,1-3H3. The molecule has 0 bridgehead atoms. The summed E-state index contributed by atoms with van der Waals surface area (Å²) >= 11 is 0. The van der Waals surface area contributed by atoms with Gasteiger partial charge >= 0.3 is 5.97 Å². The van der Waals surface area contributed by atoms with Gasteiger partial charge in [0.05, 0.1) is 31.0 Å². The number of rotatable bonds is 7. The first-order valence-electron chi connectivity index (χ1n) is 10.8. The third kappa shape index (κ3) is 5.88. The Morgan fingerprint density at radius 1 is 1.03 bits per heavy atom. The Morgan fingerprint density at radius 2 is 1.62 bits per heavy atom. The molecule has 0 spiro atoms. The quantitative estimate of drug-likeness (QED) is 0.594. The van der Waals surface area contributed by atoms with Crippen LogP contribution in [0.5, 0.6) is 0 Å². The minimum absolute atomic E-state index is 0.122. The lowest BCUT2D eigenvalue weighted by Crippen LogP contribution is -2.40. The Bertz CT molecular complexity index is 1040. The van der Waals surface area contributed by atoms with Crippen molar-refractivity contribution in [1.29, 1.82) is 0 Å². The second kappa shape index (κ2) is 10.2. The molecule has 2 aromatic carbocycles. The lowest BCUT2D eigenvalue weighted by molar-refractivity contribution is -0.149. The number of ether oxygens (including phenoxy) is 1. The third-order valence-electron chi connectivity index (χ3n) is 5.65. The monoisotopic (exact) mass is 458 g/mol. The lowest BCUT2D eigenvalue weighted by atomic mass is 9.96. The van der Waals surface area contributed by atoms with E-state index in [2.05, 4.69) is 0 Å². The lowest BCUT2D eigenvalue weighted by Gasteiger charge is -2.31. The Balaban J connectivity index is 1.69. The number of carbonyl (C=O) groups is 2. The van der Waals surface area contributed by atoms with Gasteiger partial charge in [0, 0.05) is 18.7 Å². The van der Waals surface area contributed by atoms with E-state index in [9.17, 15) is 18.0 Å². The number of benzene rings is 2. The number of hydrogen-bond acceptors (Lipinski definition) is 5. The average molecular weight is 459 g/mol. The Kier molecular flexibility index (Phi) is 7.56. The van der Waals surface area contributed by atoms with Crippen molar-refractivity contribution < 1.29 is 22.7 Å². The fraction of sp³-hybridized carbons (Fsp3) is 0.417. The van der Waals surface area contributed by atoms with E-state index < -0.39 is 10.0 Å².